The number of amides is 12. The van der Waals surface area contributed by atoms with Crippen LogP contribution in [0.15, 0.2) is 183 Å². The van der Waals surface area contributed by atoms with Gasteiger partial charge < -0.3 is 52.4 Å². The third kappa shape index (κ3) is 21.5. The third-order valence-corrected chi connectivity index (χ3v) is 20.4. The number of pyridine rings is 4. The molecule has 11 N–H and O–H groups in total. The standard InChI is InChI=1S/C43H40N8O7.C33H37N5O4.C15H13N3O6/c1-44-39(54)31-24-48-32-16-14-25(21-30(32)38(31)49-27-9-4-2-5-10-27)26-15-17-34(46-22-26)40(55)45-20-7-3-6-11-28(52)23-47-33-13-8-12-29-37(33)43(58)51(42(29)57)35-18-19-36(53)50-41(35)56;1-33(2,3)42-29(39)13-9-6-10-18-35-32(41)28-17-15-23(20-36-28)22-14-16-27-25(19-22)30(26(21-37-27)31(40)34-4)38-24-11-7-5-8-12-24;19-10-5-4-9(13(22)17-10)18-14(23)7-2-1-3-8(12(7)15(18)24)16-6-11(20)21/h2,4-5,8-10,12-17,21-22,24,35,47H,3,6-7,11,18-20,23H2,1H3,(H,44,54)(H,45,55)(H,48,49)(H,50,53,56);5,7-8,11-12,14-17,19-21H,6,9-10,13,18H2,1-4H3,(H,34,40)(H,35,41)(H,37,38);1-3,9,16H,4-6H2,(H,20,21)(H,17,19,22). The summed E-state index contributed by atoms with van der Waals surface area (Å²) in [5.74, 6) is -7.36. The molecule has 4 aromatic heterocycles. The first-order valence-corrected chi connectivity index (χ1v) is 40.2. The molecule has 0 saturated carbocycles. The first-order chi connectivity index (χ1) is 59.7. The number of Topliss-reactive ketones (excluding diaryl/α,β-unsaturated/α-hetero) is 1. The minimum absolute atomic E-state index is 0.0215. The van der Waals surface area contributed by atoms with Crippen LogP contribution in [0.4, 0.5) is 34.1 Å². The number of para-hydroxylation sites is 2. The Labute approximate surface area is 711 Å². The summed E-state index contributed by atoms with van der Waals surface area (Å²) >= 11 is 0. The van der Waals surface area contributed by atoms with Crippen LogP contribution in [0.1, 0.15) is 181 Å². The molecule has 2 fully saturated rings. The van der Waals surface area contributed by atoms with Gasteiger partial charge in [-0.1, -0.05) is 85.6 Å². The number of imide groups is 4. The summed E-state index contributed by atoms with van der Waals surface area (Å²) in [7, 11) is 3.16. The van der Waals surface area contributed by atoms with Crippen molar-refractivity contribution in [3.63, 3.8) is 0 Å². The van der Waals surface area contributed by atoms with Gasteiger partial charge in [0, 0.05) is 122 Å². The number of nitrogens with zero attached hydrogens (tertiary/aromatic N) is 6. The molecule has 4 aliphatic heterocycles. The first-order valence-electron chi connectivity index (χ1n) is 40.2. The van der Waals surface area contributed by atoms with Crippen LogP contribution in [0, 0.1) is 0 Å². The lowest BCUT2D eigenvalue weighted by Gasteiger charge is -2.27. The van der Waals surface area contributed by atoms with E-state index in [1.807, 2.05) is 130 Å². The number of aromatic nitrogens is 4. The zero-order valence-corrected chi connectivity index (χ0v) is 68.5. The largest absolute Gasteiger partial charge is 0.480 e. The van der Waals surface area contributed by atoms with Gasteiger partial charge in [-0.3, -0.25) is 112 Å². The number of fused-ring (bicyclic) bond motifs is 4. The van der Waals surface area contributed by atoms with E-state index in [1.54, 1.807) is 63.1 Å². The number of rotatable bonds is 30. The highest BCUT2D eigenvalue weighted by Gasteiger charge is 2.47. The minimum Gasteiger partial charge on any atom is -0.480 e. The summed E-state index contributed by atoms with van der Waals surface area (Å²) in [5.41, 5.74) is 9.52. The van der Waals surface area contributed by atoms with E-state index in [0.717, 1.165) is 72.6 Å². The van der Waals surface area contributed by atoms with E-state index in [4.69, 9.17) is 9.84 Å². The van der Waals surface area contributed by atoms with Crippen LogP contribution >= 0.6 is 0 Å². The number of carboxylic acid groups (broad SMARTS) is 1. The summed E-state index contributed by atoms with van der Waals surface area (Å²) in [4.78, 5) is 204. The zero-order valence-electron chi connectivity index (χ0n) is 68.5. The van der Waals surface area contributed by atoms with Crippen molar-refractivity contribution in [1.29, 1.82) is 0 Å². The van der Waals surface area contributed by atoms with Crippen molar-refractivity contribution in [1.82, 2.24) is 61.6 Å². The van der Waals surface area contributed by atoms with Crippen LogP contribution in [0.3, 0.4) is 0 Å². The van der Waals surface area contributed by atoms with E-state index < -0.39 is 77.5 Å². The van der Waals surface area contributed by atoms with Crippen molar-refractivity contribution in [2.24, 2.45) is 0 Å². The Balaban J connectivity index is 0.000000185. The number of benzene rings is 6. The molecule has 33 nitrogen and oxygen atoms in total. The molecular formula is C91H90N16O17. The van der Waals surface area contributed by atoms with Gasteiger partial charge >= 0.3 is 11.9 Å². The van der Waals surface area contributed by atoms with Gasteiger partial charge in [0.2, 0.25) is 23.6 Å². The number of piperidine rings is 2. The second-order valence-corrected chi connectivity index (χ2v) is 30.3. The molecule has 12 amide bonds. The van der Waals surface area contributed by atoms with Crippen molar-refractivity contribution >= 4 is 145 Å². The Morgan fingerprint density at radius 1 is 0.460 bits per heavy atom. The molecule has 124 heavy (non-hydrogen) atoms. The fourth-order valence-corrected chi connectivity index (χ4v) is 14.3. The summed E-state index contributed by atoms with van der Waals surface area (Å²) in [6.07, 6.45) is 11.4. The number of anilines is 6. The molecule has 6 aromatic carbocycles. The van der Waals surface area contributed by atoms with E-state index in [1.165, 1.54) is 24.3 Å². The van der Waals surface area contributed by atoms with Crippen LogP contribution in [0.2, 0.25) is 0 Å². The number of carbonyl (C=O) groups is 15. The van der Waals surface area contributed by atoms with Crippen LogP contribution in [-0.4, -0.2) is 181 Å². The number of nitrogens with one attached hydrogen (secondary N) is 10. The van der Waals surface area contributed by atoms with E-state index in [0.29, 0.717) is 84.6 Å². The van der Waals surface area contributed by atoms with Crippen molar-refractivity contribution in [3.05, 3.63) is 227 Å². The smallest absolute Gasteiger partial charge is 0.322 e. The Kier molecular flexibility index (Phi) is 28.5. The summed E-state index contributed by atoms with van der Waals surface area (Å²) in [5, 5.41) is 38.0. The molecule has 33 heteroatoms. The SMILES string of the molecule is CNC(=O)c1cnc2ccc(-c3ccc(C(=O)NCCCCCC(=O)CNc4cccc5c4C(=O)N(C4CCC(=O)NC4=O)C5=O)nc3)cc2c1Nc1ccccc1.CNC(=O)c1cnc2ccc(-c3ccc(C(=O)NCCCCCC(=O)OC(C)(C)C)nc3)cc2c1Nc1ccccc1.O=C(O)CNc1cccc2c1C(=O)N(C1CCC(=O)NC1=O)C2=O. The Morgan fingerprint density at radius 3 is 1.29 bits per heavy atom. The maximum atomic E-state index is 13.3. The highest BCUT2D eigenvalue weighted by Crippen LogP contribution is 2.38. The van der Waals surface area contributed by atoms with E-state index in [9.17, 15) is 71.9 Å². The van der Waals surface area contributed by atoms with Gasteiger partial charge in [-0.25, -0.2) is 0 Å². The van der Waals surface area contributed by atoms with Crippen molar-refractivity contribution in [2.75, 3.05) is 61.5 Å². The highest BCUT2D eigenvalue weighted by atomic mass is 16.6. The highest BCUT2D eigenvalue weighted by molar-refractivity contribution is 6.27. The number of hydrogen-bond donors (Lipinski definition) is 11. The molecular weight excluding hydrogens is 1590 g/mol. The second-order valence-electron chi connectivity index (χ2n) is 30.3. The Hall–Kier alpha value is -15.3. The normalized spacial score (nSPS) is 14.6. The van der Waals surface area contributed by atoms with Crippen LogP contribution in [0.5, 0.6) is 0 Å². The number of esters is 1. The molecule has 8 heterocycles. The number of carbonyl (C=O) groups excluding carboxylic acids is 14. The fourth-order valence-electron chi connectivity index (χ4n) is 14.3. The third-order valence-electron chi connectivity index (χ3n) is 20.4. The van der Waals surface area contributed by atoms with Crippen molar-refractivity contribution < 1.29 is 81.8 Å². The van der Waals surface area contributed by atoms with Gasteiger partial charge in [0.15, 0.2) is 5.78 Å². The molecule has 0 radical (unpaired) electrons. The number of carboxylic acids is 1. The number of unbranched alkanes of at least 4 members (excludes halogenated alkanes) is 4. The maximum absolute atomic E-state index is 13.3. The average molecular weight is 1680 g/mol. The van der Waals surface area contributed by atoms with Crippen LogP contribution in [-0.2, 0) is 38.3 Å². The molecule has 0 bridgehead atoms. The Morgan fingerprint density at radius 2 is 0.887 bits per heavy atom. The van der Waals surface area contributed by atoms with Crippen molar-refractivity contribution in [2.45, 2.75) is 116 Å². The Bertz CT molecular complexity index is 5840. The maximum Gasteiger partial charge on any atom is 0.322 e. The minimum atomic E-state index is -1.12. The molecule has 636 valence electrons. The number of hydrogen-bond acceptors (Lipinski definition) is 24. The predicted molar refractivity (Wildman–Crippen MR) is 459 cm³/mol. The molecule has 10 aromatic rings. The van der Waals surface area contributed by atoms with E-state index >= 15 is 0 Å². The lowest BCUT2D eigenvalue weighted by atomic mass is 10.0. The summed E-state index contributed by atoms with van der Waals surface area (Å²) < 4.78 is 5.31. The monoisotopic (exact) mass is 1680 g/mol. The second kappa shape index (κ2) is 40.2. The molecule has 14 rings (SSSR count). The summed E-state index contributed by atoms with van der Waals surface area (Å²) in [6.45, 7) is 5.97. The quantitative estimate of drug-likeness (QED) is 0.0113. The predicted octanol–water partition coefficient (Wildman–Crippen LogP) is 10.4. The van der Waals surface area contributed by atoms with Gasteiger partial charge in [-0.15, -0.1) is 0 Å². The van der Waals surface area contributed by atoms with Crippen molar-refractivity contribution in [3.8, 4) is 22.3 Å². The number of aliphatic carboxylic acids is 1. The van der Waals surface area contributed by atoms with E-state index in [2.05, 4.69) is 73.1 Å². The molecule has 2 atom stereocenters. The zero-order chi connectivity index (χ0) is 88.3. The number of ether oxygens (including phenoxy) is 1. The molecule has 0 spiro atoms. The average Bonchev–Trinajstić information content (AvgIpc) is 1.60. The molecule has 4 aliphatic rings. The fraction of sp³-hybridized carbons (Fsp3) is 0.264. The molecule has 2 saturated heterocycles. The lowest BCUT2D eigenvalue weighted by molar-refractivity contribution is -0.155. The lowest BCUT2D eigenvalue weighted by Crippen LogP contribution is -2.54. The van der Waals surface area contributed by atoms with Gasteiger partial charge in [0.05, 0.1) is 62.3 Å². The first kappa shape index (κ1) is 88.0. The van der Waals surface area contributed by atoms with Gasteiger partial charge in [0.25, 0.3) is 47.3 Å². The number of ketones is 1. The summed E-state index contributed by atoms with van der Waals surface area (Å²) in [6, 6.07) is 44.7. The van der Waals surface area contributed by atoms with Gasteiger partial charge in [-0.05, 0) is 155 Å². The van der Waals surface area contributed by atoms with Gasteiger partial charge in [0.1, 0.15) is 35.6 Å². The van der Waals surface area contributed by atoms with Crippen LogP contribution < -0.4 is 53.2 Å². The van der Waals surface area contributed by atoms with Crippen LogP contribution in [0.25, 0.3) is 44.1 Å². The van der Waals surface area contributed by atoms with E-state index in [-0.39, 0.29) is 108 Å². The topological polar surface area (TPSA) is 464 Å². The molecule has 0 aliphatic carbocycles. The molecule has 2 unspecified atom stereocenters. The van der Waals surface area contributed by atoms with Gasteiger partial charge in [-0.2, -0.15) is 0 Å².